The Kier molecular flexibility index (Phi) is 5.11. The van der Waals surface area contributed by atoms with Crippen LogP contribution < -0.4 is 9.46 Å². The van der Waals surface area contributed by atoms with Crippen LogP contribution in [0.2, 0.25) is 0 Å². The Labute approximate surface area is 136 Å². The van der Waals surface area contributed by atoms with Crippen LogP contribution in [0.5, 0.6) is 5.75 Å². The highest BCUT2D eigenvalue weighted by molar-refractivity contribution is 7.89. The van der Waals surface area contributed by atoms with Gasteiger partial charge in [-0.1, -0.05) is 31.1 Å². The summed E-state index contributed by atoms with van der Waals surface area (Å²) in [5.41, 5.74) is 2.26. The van der Waals surface area contributed by atoms with E-state index in [1.807, 2.05) is 18.2 Å². The van der Waals surface area contributed by atoms with Crippen LogP contribution in [0.15, 0.2) is 27.6 Å². The number of hydrogen-bond donors (Lipinski definition) is 1. The summed E-state index contributed by atoms with van der Waals surface area (Å²) < 4.78 is 37.7. The summed E-state index contributed by atoms with van der Waals surface area (Å²) in [6, 6.07) is 5.66. The molecule has 2 aromatic rings. The normalized spacial score (nSPS) is 11.9. The van der Waals surface area contributed by atoms with Crippen molar-refractivity contribution >= 4 is 10.0 Å². The monoisotopic (exact) mass is 338 g/mol. The van der Waals surface area contributed by atoms with Gasteiger partial charge in [0.1, 0.15) is 16.3 Å². The Morgan fingerprint density at radius 2 is 2.00 bits per heavy atom. The van der Waals surface area contributed by atoms with Gasteiger partial charge in [0.2, 0.25) is 10.0 Å². The Hall–Kier alpha value is -1.86. The van der Waals surface area contributed by atoms with Crippen LogP contribution in [0, 0.1) is 13.8 Å². The SMILES string of the molecule is COc1ccc(CNS(=O)(=O)c2c(C)noc2C)cc1C(C)C. The second-order valence-corrected chi connectivity index (χ2v) is 7.41. The van der Waals surface area contributed by atoms with Crippen LogP contribution in [0.25, 0.3) is 0 Å². The fraction of sp³-hybridized carbons (Fsp3) is 0.438. The van der Waals surface area contributed by atoms with Gasteiger partial charge in [-0.05, 0) is 37.0 Å². The van der Waals surface area contributed by atoms with Crippen molar-refractivity contribution in [1.29, 1.82) is 0 Å². The summed E-state index contributed by atoms with van der Waals surface area (Å²) in [5.74, 6) is 1.37. The van der Waals surface area contributed by atoms with Crippen molar-refractivity contribution in [1.82, 2.24) is 9.88 Å². The summed E-state index contributed by atoms with van der Waals surface area (Å²) in [6.45, 7) is 7.51. The number of methoxy groups -OCH3 is 1. The lowest BCUT2D eigenvalue weighted by atomic mass is 9.99. The number of nitrogens with zero attached hydrogens (tertiary/aromatic N) is 1. The van der Waals surface area contributed by atoms with Crippen LogP contribution in [0.4, 0.5) is 0 Å². The van der Waals surface area contributed by atoms with Crippen molar-refractivity contribution in [2.75, 3.05) is 7.11 Å². The molecular formula is C16H22N2O4S. The number of rotatable bonds is 6. The van der Waals surface area contributed by atoms with Crippen LogP contribution >= 0.6 is 0 Å². The molecule has 0 aliphatic rings. The van der Waals surface area contributed by atoms with Crippen LogP contribution in [0.3, 0.4) is 0 Å². The molecule has 0 fully saturated rings. The van der Waals surface area contributed by atoms with E-state index in [9.17, 15) is 8.42 Å². The van der Waals surface area contributed by atoms with Crippen molar-refractivity contribution in [2.24, 2.45) is 0 Å². The molecule has 1 aromatic carbocycles. The molecule has 0 radical (unpaired) electrons. The van der Waals surface area contributed by atoms with Crippen molar-refractivity contribution in [2.45, 2.75) is 45.1 Å². The summed E-state index contributed by atoms with van der Waals surface area (Å²) in [7, 11) is -2.04. The Balaban J connectivity index is 2.22. The minimum absolute atomic E-state index is 0.107. The quantitative estimate of drug-likeness (QED) is 0.876. The molecule has 0 unspecified atom stereocenters. The van der Waals surface area contributed by atoms with E-state index in [-0.39, 0.29) is 23.1 Å². The Bertz CT molecular complexity index is 775. The van der Waals surface area contributed by atoms with Gasteiger partial charge in [0.05, 0.1) is 7.11 Å². The molecule has 0 saturated heterocycles. The maximum Gasteiger partial charge on any atom is 0.246 e. The zero-order valence-electron chi connectivity index (χ0n) is 14.0. The lowest BCUT2D eigenvalue weighted by Crippen LogP contribution is -2.24. The zero-order valence-corrected chi connectivity index (χ0v) is 14.8. The molecule has 126 valence electrons. The molecule has 0 aliphatic heterocycles. The van der Waals surface area contributed by atoms with Crippen LogP contribution in [0.1, 0.15) is 42.3 Å². The van der Waals surface area contributed by atoms with E-state index >= 15 is 0 Å². The number of hydrogen-bond acceptors (Lipinski definition) is 5. The summed E-state index contributed by atoms with van der Waals surface area (Å²) in [6.07, 6.45) is 0. The van der Waals surface area contributed by atoms with E-state index in [1.54, 1.807) is 21.0 Å². The lowest BCUT2D eigenvalue weighted by Gasteiger charge is -2.14. The van der Waals surface area contributed by atoms with Gasteiger partial charge in [-0.3, -0.25) is 0 Å². The molecular weight excluding hydrogens is 316 g/mol. The lowest BCUT2D eigenvalue weighted by molar-refractivity contribution is 0.390. The molecule has 1 heterocycles. The van der Waals surface area contributed by atoms with Gasteiger partial charge in [-0.25, -0.2) is 13.1 Å². The van der Waals surface area contributed by atoms with Crippen molar-refractivity contribution in [3.05, 3.63) is 40.8 Å². The molecule has 23 heavy (non-hydrogen) atoms. The first-order valence-electron chi connectivity index (χ1n) is 7.35. The number of nitrogens with one attached hydrogen (secondary N) is 1. The number of aryl methyl sites for hydroxylation is 2. The molecule has 6 nitrogen and oxygen atoms in total. The predicted octanol–water partition coefficient (Wildman–Crippen LogP) is 2.90. The number of benzene rings is 1. The molecule has 0 aliphatic carbocycles. The van der Waals surface area contributed by atoms with Crippen molar-refractivity contribution in [3.8, 4) is 5.75 Å². The highest BCUT2D eigenvalue weighted by Crippen LogP contribution is 2.27. The predicted molar refractivity (Wildman–Crippen MR) is 87.1 cm³/mol. The maximum absolute atomic E-state index is 12.4. The molecule has 0 bridgehead atoms. The standard InChI is InChI=1S/C16H22N2O4S/c1-10(2)14-8-13(6-7-15(14)21-5)9-17-23(19,20)16-11(3)18-22-12(16)4/h6-8,10,17H,9H2,1-5H3. The van der Waals surface area contributed by atoms with E-state index < -0.39 is 10.0 Å². The topological polar surface area (TPSA) is 81.4 Å². The molecule has 0 spiro atoms. The smallest absolute Gasteiger partial charge is 0.246 e. The first-order valence-corrected chi connectivity index (χ1v) is 8.84. The molecule has 1 N–H and O–H groups in total. The first kappa shape index (κ1) is 17.5. The summed E-state index contributed by atoms with van der Waals surface area (Å²) in [4.78, 5) is 0.107. The number of sulfonamides is 1. The van der Waals surface area contributed by atoms with Gasteiger partial charge >= 0.3 is 0 Å². The average Bonchev–Trinajstić information content (AvgIpc) is 2.84. The largest absolute Gasteiger partial charge is 0.496 e. The van der Waals surface area contributed by atoms with E-state index in [0.29, 0.717) is 5.69 Å². The van der Waals surface area contributed by atoms with Gasteiger partial charge in [-0.2, -0.15) is 0 Å². The summed E-state index contributed by atoms with van der Waals surface area (Å²) >= 11 is 0. The molecule has 1 aromatic heterocycles. The molecule has 0 amide bonds. The second-order valence-electron chi connectivity index (χ2n) is 5.71. The minimum atomic E-state index is -3.66. The second kappa shape index (κ2) is 6.72. The zero-order chi connectivity index (χ0) is 17.2. The third-order valence-electron chi connectivity index (χ3n) is 3.62. The van der Waals surface area contributed by atoms with Gasteiger partial charge in [0, 0.05) is 6.54 Å². The highest BCUT2D eigenvalue weighted by atomic mass is 32.2. The third kappa shape index (κ3) is 3.73. The fourth-order valence-corrected chi connectivity index (χ4v) is 3.80. The van der Waals surface area contributed by atoms with E-state index in [2.05, 4.69) is 23.7 Å². The number of ether oxygens (including phenoxy) is 1. The van der Waals surface area contributed by atoms with Crippen LogP contribution in [-0.2, 0) is 16.6 Å². The molecule has 0 saturated carbocycles. The van der Waals surface area contributed by atoms with E-state index in [0.717, 1.165) is 16.9 Å². The van der Waals surface area contributed by atoms with Gasteiger partial charge in [0.15, 0.2) is 5.76 Å². The molecule has 7 heteroatoms. The van der Waals surface area contributed by atoms with Crippen molar-refractivity contribution in [3.63, 3.8) is 0 Å². The van der Waals surface area contributed by atoms with Gasteiger partial charge < -0.3 is 9.26 Å². The third-order valence-corrected chi connectivity index (χ3v) is 5.26. The maximum atomic E-state index is 12.4. The highest BCUT2D eigenvalue weighted by Gasteiger charge is 2.23. The Morgan fingerprint density at radius 3 is 2.52 bits per heavy atom. The molecule has 0 atom stereocenters. The van der Waals surface area contributed by atoms with E-state index in [1.165, 1.54) is 0 Å². The first-order chi connectivity index (χ1) is 10.8. The van der Waals surface area contributed by atoms with Gasteiger partial charge in [0.25, 0.3) is 0 Å². The summed E-state index contributed by atoms with van der Waals surface area (Å²) in [5, 5.41) is 3.69. The Morgan fingerprint density at radius 1 is 1.30 bits per heavy atom. The van der Waals surface area contributed by atoms with Gasteiger partial charge in [-0.15, -0.1) is 0 Å². The van der Waals surface area contributed by atoms with E-state index in [4.69, 9.17) is 9.26 Å². The van der Waals surface area contributed by atoms with Crippen LogP contribution in [-0.4, -0.2) is 20.7 Å². The number of aromatic nitrogens is 1. The molecule has 2 rings (SSSR count). The minimum Gasteiger partial charge on any atom is -0.496 e. The van der Waals surface area contributed by atoms with Crippen molar-refractivity contribution < 1.29 is 17.7 Å². The fourth-order valence-electron chi connectivity index (χ4n) is 2.45. The average molecular weight is 338 g/mol.